The molecule has 14 rings (SSSR count). The molecule has 4 heterocycles. The second-order valence-electron chi connectivity index (χ2n) is 18.6. The standard InChI is InChI=1S/C68H44N6/c1-5-20-45(21-6-1)58-43-59(46-22-7-2-8-23-46)70-67(69-58)50-28-17-30-52(40-50)73-62-35-15-13-32-55(62)57-42-49(38-39-64(57)73)54-34-19-37-65-66(54)56-33-14-16-36-63(56)74(65)53-31-18-29-51(41-53)68-71-60(47-24-9-3-10-25-47)44-61(72-68)48-26-11-4-12-27-48/h1-44H. The summed E-state index contributed by atoms with van der Waals surface area (Å²) in [6.07, 6.45) is 0. The molecule has 74 heavy (non-hydrogen) atoms. The second-order valence-corrected chi connectivity index (χ2v) is 18.6. The summed E-state index contributed by atoms with van der Waals surface area (Å²) in [5.41, 5.74) is 18.5. The molecule has 6 nitrogen and oxygen atoms in total. The third-order valence-corrected chi connectivity index (χ3v) is 14.1. The lowest BCUT2D eigenvalue weighted by atomic mass is 9.98. The molecule has 0 spiro atoms. The van der Waals surface area contributed by atoms with Gasteiger partial charge in [0.1, 0.15) is 0 Å². The third kappa shape index (κ3) is 7.52. The molecular formula is C68H44N6. The smallest absolute Gasteiger partial charge is 0.160 e. The minimum atomic E-state index is 0.676. The normalized spacial score (nSPS) is 11.5. The monoisotopic (exact) mass is 944 g/mol. The maximum Gasteiger partial charge on any atom is 0.160 e. The van der Waals surface area contributed by atoms with Crippen molar-refractivity contribution in [1.29, 1.82) is 0 Å². The number of aromatic nitrogens is 6. The summed E-state index contributed by atoms with van der Waals surface area (Å²) in [5, 5.41) is 4.75. The Morgan fingerprint density at radius 3 is 1.11 bits per heavy atom. The van der Waals surface area contributed by atoms with Crippen LogP contribution in [0.15, 0.2) is 267 Å². The Hall–Kier alpha value is -10.0. The Bertz CT molecular complexity index is 4290. The van der Waals surface area contributed by atoms with E-state index in [1.54, 1.807) is 0 Å². The van der Waals surface area contributed by atoms with Gasteiger partial charge in [-0.2, -0.15) is 0 Å². The van der Waals surface area contributed by atoms with Crippen LogP contribution < -0.4 is 0 Å². The Morgan fingerprint density at radius 2 is 0.608 bits per heavy atom. The minimum absolute atomic E-state index is 0.676. The van der Waals surface area contributed by atoms with Gasteiger partial charge in [-0.3, -0.25) is 0 Å². The molecule has 0 saturated carbocycles. The highest BCUT2D eigenvalue weighted by atomic mass is 15.0. The molecule has 14 aromatic rings. The summed E-state index contributed by atoms with van der Waals surface area (Å²) in [6, 6.07) is 93.9. The van der Waals surface area contributed by atoms with E-state index >= 15 is 0 Å². The van der Waals surface area contributed by atoms with Crippen molar-refractivity contribution in [3.8, 4) is 90.3 Å². The number of para-hydroxylation sites is 2. The number of hydrogen-bond donors (Lipinski definition) is 0. The van der Waals surface area contributed by atoms with Crippen molar-refractivity contribution >= 4 is 43.6 Å². The van der Waals surface area contributed by atoms with Gasteiger partial charge in [-0.15, -0.1) is 0 Å². The van der Waals surface area contributed by atoms with Crippen LogP contribution in [0.4, 0.5) is 0 Å². The summed E-state index contributed by atoms with van der Waals surface area (Å²) in [6.45, 7) is 0. The first-order valence-electron chi connectivity index (χ1n) is 25.0. The van der Waals surface area contributed by atoms with Crippen molar-refractivity contribution in [2.45, 2.75) is 0 Å². The van der Waals surface area contributed by atoms with Crippen LogP contribution in [0.2, 0.25) is 0 Å². The van der Waals surface area contributed by atoms with Crippen molar-refractivity contribution in [3.05, 3.63) is 267 Å². The summed E-state index contributed by atoms with van der Waals surface area (Å²) >= 11 is 0. The third-order valence-electron chi connectivity index (χ3n) is 14.1. The van der Waals surface area contributed by atoms with Crippen molar-refractivity contribution in [1.82, 2.24) is 29.1 Å². The Morgan fingerprint density at radius 1 is 0.230 bits per heavy atom. The molecule has 0 aliphatic rings. The fourth-order valence-electron chi connectivity index (χ4n) is 10.7. The predicted molar refractivity (Wildman–Crippen MR) is 304 cm³/mol. The van der Waals surface area contributed by atoms with Gasteiger partial charge in [0.2, 0.25) is 0 Å². The zero-order chi connectivity index (χ0) is 49.0. The highest BCUT2D eigenvalue weighted by Crippen LogP contribution is 2.42. The summed E-state index contributed by atoms with van der Waals surface area (Å²) < 4.78 is 4.76. The zero-order valence-electron chi connectivity index (χ0n) is 40.1. The maximum atomic E-state index is 5.19. The number of rotatable bonds is 9. The first-order chi connectivity index (χ1) is 36.7. The van der Waals surface area contributed by atoms with Gasteiger partial charge in [0.25, 0.3) is 0 Å². The van der Waals surface area contributed by atoms with Crippen molar-refractivity contribution in [2.24, 2.45) is 0 Å². The van der Waals surface area contributed by atoms with E-state index in [1.165, 1.54) is 27.1 Å². The van der Waals surface area contributed by atoms with E-state index < -0.39 is 0 Å². The molecule has 0 radical (unpaired) electrons. The topological polar surface area (TPSA) is 61.4 Å². The van der Waals surface area contributed by atoms with Gasteiger partial charge in [0.15, 0.2) is 11.6 Å². The lowest BCUT2D eigenvalue weighted by Crippen LogP contribution is -1.98. The Balaban J connectivity index is 0.887. The number of nitrogens with zero attached hydrogens (tertiary/aromatic N) is 6. The molecule has 0 aliphatic carbocycles. The van der Waals surface area contributed by atoms with E-state index in [4.69, 9.17) is 19.9 Å². The number of fused-ring (bicyclic) bond motifs is 6. The van der Waals surface area contributed by atoms with Gasteiger partial charge in [0.05, 0.1) is 44.8 Å². The van der Waals surface area contributed by atoms with Crippen LogP contribution in [0.5, 0.6) is 0 Å². The Kier molecular flexibility index (Phi) is 10.4. The van der Waals surface area contributed by atoms with E-state index in [0.717, 1.165) is 95.2 Å². The molecular weight excluding hydrogens is 901 g/mol. The Labute approximate surface area is 427 Å². The van der Waals surface area contributed by atoms with Gasteiger partial charge in [0, 0.05) is 66.3 Å². The maximum absolute atomic E-state index is 5.19. The van der Waals surface area contributed by atoms with Crippen molar-refractivity contribution in [3.63, 3.8) is 0 Å². The predicted octanol–water partition coefficient (Wildman–Crippen LogP) is 17.1. The summed E-state index contributed by atoms with van der Waals surface area (Å²) in [5.74, 6) is 1.35. The van der Waals surface area contributed by atoms with Crippen LogP contribution in [0.3, 0.4) is 0 Å². The molecule has 0 unspecified atom stereocenters. The fraction of sp³-hybridized carbons (Fsp3) is 0. The van der Waals surface area contributed by atoms with E-state index in [0.29, 0.717) is 11.6 Å². The van der Waals surface area contributed by atoms with Crippen LogP contribution in [0.25, 0.3) is 134 Å². The van der Waals surface area contributed by atoms with E-state index in [2.05, 4.69) is 252 Å². The van der Waals surface area contributed by atoms with Crippen LogP contribution in [-0.2, 0) is 0 Å². The molecule has 4 aromatic heterocycles. The van der Waals surface area contributed by atoms with Gasteiger partial charge < -0.3 is 9.13 Å². The van der Waals surface area contributed by atoms with E-state index in [1.807, 2.05) is 24.3 Å². The lowest BCUT2D eigenvalue weighted by Gasteiger charge is -2.13. The minimum Gasteiger partial charge on any atom is -0.309 e. The summed E-state index contributed by atoms with van der Waals surface area (Å²) in [7, 11) is 0. The van der Waals surface area contributed by atoms with Crippen LogP contribution in [0, 0.1) is 0 Å². The molecule has 0 bridgehead atoms. The highest BCUT2D eigenvalue weighted by Gasteiger charge is 2.20. The number of hydrogen-bond acceptors (Lipinski definition) is 4. The van der Waals surface area contributed by atoms with Gasteiger partial charge in [-0.05, 0) is 77.9 Å². The van der Waals surface area contributed by atoms with Crippen LogP contribution >= 0.6 is 0 Å². The SMILES string of the molecule is c1ccc(-c2cc(-c3ccccc3)nc(-c3cccc(-n4c5ccccc5c5cc(-c6cccc7c6c6ccccc6n7-c6cccc(-c7nc(-c8ccccc8)cc(-c8ccccc8)n7)c6)ccc54)c3)n2)cc1. The van der Waals surface area contributed by atoms with Gasteiger partial charge in [-0.25, -0.2) is 19.9 Å². The van der Waals surface area contributed by atoms with Crippen molar-refractivity contribution < 1.29 is 0 Å². The molecule has 346 valence electrons. The first kappa shape index (κ1) is 42.8. The molecule has 0 amide bonds. The molecule has 0 saturated heterocycles. The van der Waals surface area contributed by atoms with Crippen LogP contribution in [0.1, 0.15) is 0 Å². The number of benzene rings is 10. The average molecular weight is 945 g/mol. The van der Waals surface area contributed by atoms with Gasteiger partial charge >= 0.3 is 0 Å². The second kappa shape index (κ2) is 18.0. The lowest BCUT2D eigenvalue weighted by molar-refractivity contribution is 1.16. The van der Waals surface area contributed by atoms with Crippen LogP contribution in [-0.4, -0.2) is 29.1 Å². The summed E-state index contributed by atoms with van der Waals surface area (Å²) in [4.78, 5) is 20.7. The van der Waals surface area contributed by atoms with Gasteiger partial charge in [-0.1, -0.05) is 200 Å². The molecule has 0 aliphatic heterocycles. The molecule has 10 aromatic carbocycles. The first-order valence-corrected chi connectivity index (χ1v) is 25.0. The highest BCUT2D eigenvalue weighted by molar-refractivity contribution is 6.17. The molecule has 6 heteroatoms. The molecule has 0 fully saturated rings. The van der Waals surface area contributed by atoms with E-state index in [9.17, 15) is 0 Å². The quantitative estimate of drug-likeness (QED) is 0.145. The largest absolute Gasteiger partial charge is 0.309 e. The van der Waals surface area contributed by atoms with Crippen molar-refractivity contribution in [2.75, 3.05) is 0 Å². The fourth-order valence-corrected chi connectivity index (χ4v) is 10.7. The molecule has 0 atom stereocenters. The zero-order valence-corrected chi connectivity index (χ0v) is 40.1. The van der Waals surface area contributed by atoms with E-state index in [-0.39, 0.29) is 0 Å². The average Bonchev–Trinajstić information content (AvgIpc) is 4.01. The molecule has 0 N–H and O–H groups in total.